The van der Waals surface area contributed by atoms with E-state index in [0.717, 1.165) is 13.0 Å². The molecule has 0 bridgehead atoms. The van der Waals surface area contributed by atoms with E-state index in [0.29, 0.717) is 45.3 Å². The number of aromatic nitrogens is 6. The van der Waals surface area contributed by atoms with Gasteiger partial charge in [-0.3, -0.25) is 9.36 Å². The zero-order valence-electron chi connectivity index (χ0n) is 16.5. The van der Waals surface area contributed by atoms with Gasteiger partial charge in [0.15, 0.2) is 5.82 Å². The van der Waals surface area contributed by atoms with Crippen LogP contribution >= 0.6 is 11.6 Å². The highest BCUT2D eigenvalue weighted by Gasteiger charge is 2.36. The van der Waals surface area contributed by atoms with Crippen LogP contribution in [0.5, 0.6) is 0 Å². The summed E-state index contributed by atoms with van der Waals surface area (Å²) in [5, 5.41) is 15.3. The fourth-order valence-electron chi connectivity index (χ4n) is 4.03. The van der Waals surface area contributed by atoms with Crippen LogP contribution in [0.2, 0.25) is 5.02 Å². The quantitative estimate of drug-likeness (QED) is 0.541. The number of nitrogens with one attached hydrogen (secondary N) is 1. The highest BCUT2D eigenvalue weighted by Crippen LogP contribution is 2.39. The van der Waals surface area contributed by atoms with Gasteiger partial charge in [0.2, 0.25) is 0 Å². The molecule has 10 heteroatoms. The van der Waals surface area contributed by atoms with Crippen molar-refractivity contribution in [1.29, 1.82) is 5.26 Å². The highest BCUT2D eigenvalue weighted by molar-refractivity contribution is 6.33. The molecule has 0 aliphatic carbocycles. The van der Waals surface area contributed by atoms with Gasteiger partial charge in [0, 0.05) is 25.5 Å². The van der Waals surface area contributed by atoms with Crippen LogP contribution in [0.1, 0.15) is 37.7 Å². The Morgan fingerprint density at radius 1 is 1.40 bits per heavy atom. The summed E-state index contributed by atoms with van der Waals surface area (Å²) < 4.78 is 3.28. The first-order chi connectivity index (χ1) is 14.5. The Bertz CT molecular complexity index is 1380. The minimum atomic E-state index is -0.150. The van der Waals surface area contributed by atoms with Gasteiger partial charge in [-0.15, -0.1) is 0 Å². The zero-order valence-corrected chi connectivity index (χ0v) is 17.3. The molecule has 1 N–H and O–H groups in total. The fourth-order valence-corrected chi connectivity index (χ4v) is 4.25. The Hall–Kier alpha value is -3.38. The van der Waals surface area contributed by atoms with Crippen molar-refractivity contribution in [2.24, 2.45) is 5.92 Å². The number of rotatable bonds is 4. The molecule has 0 amide bonds. The molecule has 5 heterocycles. The minimum absolute atomic E-state index is 0.137. The number of H-pyrrole nitrogens is 1. The Labute approximate surface area is 176 Å². The van der Waals surface area contributed by atoms with Gasteiger partial charge in [-0.05, 0) is 18.4 Å². The van der Waals surface area contributed by atoms with E-state index in [1.807, 2.05) is 0 Å². The SMILES string of the molecule is CC(C)Cn1c([C@@H]2CCN2c2ncnc3[nH]cc(C#N)c23)nn2ccc(Cl)c2c1=O. The van der Waals surface area contributed by atoms with Gasteiger partial charge in [-0.2, -0.15) is 10.4 Å². The maximum absolute atomic E-state index is 13.3. The monoisotopic (exact) mass is 422 g/mol. The number of hydrogen-bond acceptors (Lipinski definition) is 6. The van der Waals surface area contributed by atoms with Crippen molar-refractivity contribution < 1.29 is 0 Å². The van der Waals surface area contributed by atoms with Crippen LogP contribution in [0.3, 0.4) is 0 Å². The van der Waals surface area contributed by atoms with Crippen molar-refractivity contribution in [3.8, 4) is 6.07 Å². The molecule has 0 radical (unpaired) electrons. The number of aromatic amines is 1. The number of nitrogens with zero attached hydrogens (tertiary/aromatic N) is 7. The average molecular weight is 423 g/mol. The summed E-state index contributed by atoms with van der Waals surface area (Å²) in [6, 6.07) is 3.74. The summed E-state index contributed by atoms with van der Waals surface area (Å²) in [7, 11) is 0. The topological polar surface area (TPSA) is 108 Å². The van der Waals surface area contributed by atoms with Gasteiger partial charge < -0.3 is 9.88 Å². The molecular weight excluding hydrogens is 404 g/mol. The van der Waals surface area contributed by atoms with E-state index < -0.39 is 0 Å². The maximum atomic E-state index is 13.3. The smallest absolute Gasteiger partial charge is 0.279 e. The summed E-state index contributed by atoms with van der Waals surface area (Å²) in [5.41, 5.74) is 1.34. The van der Waals surface area contributed by atoms with Crippen LogP contribution in [-0.4, -0.2) is 35.7 Å². The predicted molar refractivity (Wildman–Crippen MR) is 113 cm³/mol. The maximum Gasteiger partial charge on any atom is 0.279 e. The molecule has 0 spiro atoms. The highest BCUT2D eigenvalue weighted by atomic mass is 35.5. The van der Waals surface area contributed by atoms with Gasteiger partial charge in [-0.1, -0.05) is 25.4 Å². The van der Waals surface area contributed by atoms with Crippen LogP contribution in [0.15, 0.2) is 29.6 Å². The summed E-state index contributed by atoms with van der Waals surface area (Å²) in [6.45, 7) is 5.41. The third-order valence-corrected chi connectivity index (χ3v) is 5.76. The number of halogens is 1. The van der Waals surface area contributed by atoms with Crippen molar-refractivity contribution in [2.45, 2.75) is 32.9 Å². The van der Waals surface area contributed by atoms with Gasteiger partial charge in [-0.25, -0.2) is 14.5 Å². The molecule has 152 valence electrons. The third kappa shape index (κ3) is 2.68. The van der Waals surface area contributed by atoms with E-state index in [2.05, 4.69) is 39.8 Å². The van der Waals surface area contributed by atoms with Gasteiger partial charge in [0.1, 0.15) is 29.4 Å². The molecule has 0 aromatic carbocycles. The average Bonchev–Trinajstić information content (AvgIpc) is 3.28. The Morgan fingerprint density at radius 2 is 2.23 bits per heavy atom. The fraction of sp³-hybridized carbons (Fsp3) is 0.350. The number of nitriles is 1. The standard InChI is InChI=1S/C20H19ClN8O/c1-11(2)9-28-18(26-29-6-3-13(21)16(29)20(28)30)14-4-5-27(14)19-15-12(7-22)8-23-17(15)24-10-25-19/h3,6,8,10-11,14H,4-5,9H2,1-2H3,(H,23,24,25)/t14-/m0/s1. The van der Waals surface area contributed by atoms with E-state index in [-0.39, 0.29) is 17.5 Å². The lowest BCUT2D eigenvalue weighted by Gasteiger charge is -2.42. The van der Waals surface area contributed by atoms with Crippen molar-refractivity contribution in [2.75, 3.05) is 11.4 Å². The number of hydrogen-bond donors (Lipinski definition) is 1. The van der Waals surface area contributed by atoms with E-state index in [1.54, 1.807) is 27.5 Å². The van der Waals surface area contributed by atoms with Crippen molar-refractivity contribution >= 4 is 34.0 Å². The van der Waals surface area contributed by atoms with Crippen molar-refractivity contribution in [3.05, 3.63) is 51.6 Å². The Morgan fingerprint density at radius 3 is 2.93 bits per heavy atom. The second-order valence-electron chi connectivity index (χ2n) is 7.86. The predicted octanol–water partition coefficient (Wildman–Crippen LogP) is 2.90. The van der Waals surface area contributed by atoms with E-state index >= 15 is 0 Å². The molecule has 5 rings (SSSR count). The van der Waals surface area contributed by atoms with Gasteiger partial charge >= 0.3 is 0 Å². The number of fused-ring (bicyclic) bond motifs is 2. The second kappa shape index (κ2) is 6.85. The molecule has 1 fully saturated rings. The molecule has 30 heavy (non-hydrogen) atoms. The lowest BCUT2D eigenvalue weighted by molar-refractivity contribution is 0.387. The minimum Gasteiger partial charge on any atom is -0.345 e. The summed E-state index contributed by atoms with van der Waals surface area (Å²) in [4.78, 5) is 27.0. The largest absolute Gasteiger partial charge is 0.345 e. The molecule has 1 aliphatic heterocycles. The van der Waals surface area contributed by atoms with Crippen LogP contribution < -0.4 is 10.5 Å². The third-order valence-electron chi connectivity index (χ3n) is 5.46. The molecule has 1 saturated heterocycles. The van der Waals surface area contributed by atoms with E-state index in [1.165, 1.54) is 6.33 Å². The number of anilines is 1. The van der Waals surface area contributed by atoms with Crippen LogP contribution in [0.4, 0.5) is 5.82 Å². The van der Waals surface area contributed by atoms with E-state index in [4.69, 9.17) is 16.7 Å². The summed E-state index contributed by atoms with van der Waals surface area (Å²) >= 11 is 6.24. The molecule has 9 nitrogen and oxygen atoms in total. The molecule has 4 aromatic rings. The molecule has 0 saturated carbocycles. The molecular formula is C20H19ClN8O. The van der Waals surface area contributed by atoms with Crippen LogP contribution in [-0.2, 0) is 6.54 Å². The summed E-state index contributed by atoms with van der Waals surface area (Å²) in [5.74, 6) is 1.60. The zero-order chi connectivity index (χ0) is 21.0. The first kappa shape index (κ1) is 18.6. The summed E-state index contributed by atoms with van der Waals surface area (Å²) in [6.07, 6.45) is 5.64. The normalized spacial score (nSPS) is 16.4. The van der Waals surface area contributed by atoms with Crippen molar-refractivity contribution in [3.63, 3.8) is 0 Å². The molecule has 0 unspecified atom stereocenters. The van der Waals surface area contributed by atoms with Gasteiger partial charge in [0.05, 0.1) is 22.0 Å². The Balaban J connectivity index is 1.68. The lowest BCUT2D eigenvalue weighted by Crippen LogP contribution is -2.45. The molecule has 1 atom stereocenters. The van der Waals surface area contributed by atoms with E-state index in [9.17, 15) is 10.1 Å². The lowest BCUT2D eigenvalue weighted by atomic mass is 10.0. The first-order valence-electron chi connectivity index (χ1n) is 9.76. The van der Waals surface area contributed by atoms with Crippen LogP contribution in [0.25, 0.3) is 16.6 Å². The second-order valence-corrected chi connectivity index (χ2v) is 8.26. The van der Waals surface area contributed by atoms with Crippen molar-refractivity contribution in [1.82, 2.24) is 29.1 Å². The molecule has 4 aromatic heterocycles. The molecule has 1 aliphatic rings. The van der Waals surface area contributed by atoms with Crippen LogP contribution in [0, 0.1) is 17.2 Å². The van der Waals surface area contributed by atoms with Gasteiger partial charge in [0.25, 0.3) is 5.56 Å². The first-order valence-corrected chi connectivity index (χ1v) is 10.1. The Kier molecular flexibility index (Phi) is 4.25.